The molecule has 3 aliphatic rings. The van der Waals surface area contributed by atoms with Gasteiger partial charge >= 0.3 is 0 Å². The van der Waals surface area contributed by atoms with Crippen molar-refractivity contribution in [2.24, 2.45) is 17.3 Å². The molecule has 8 nitrogen and oxygen atoms in total. The van der Waals surface area contributed by atoms with Gasteiger partial charge in [0, 0.05) is 17.9 Å². The number of hydrogen-bond acceptors (Lipinski definition) is 6. The smallest absolute Gasteiger partial charge is 0.270 e. The molecule has 26 heavy (non-hydrogen) atoms. The van der Waals surface area contributed by atoms with Crippen molar-refractivity contribution >= 4 is 21.9 Å². The van der Waals surface area contributed by atoms with Gasteiger partial charge in [-0.25, -0.2) is 0 Å². The minimum atomic E-state index is -3.43. The first kappa shape index (κ1) is 19.6. The van der Waals surface area contributed by atoms with Crippen molar-refractivity contribution in [2.45, 2.75) is 57.5 Å². The molecule has 2 N–H and O–H groups in total. The molecule has 0 aromatic heterocycles. The van der Waals surface area contributed by atoms with E-state index in [1.165, 1.54) is 0 Å². The van der Waals surface area contributed by atoms with Crippen LogP contribution < -0.4 is 10.6 Å². The zero-order valence-electron chi connectivity index (χ0n) is 15.5. The summed E-state index contributed by atoms with van der Waals surface area (Å²) in [6, 6.07) is 0. The Morgan fingerprint density at radius 1 is 1.23 bits per heavy atom. The molecule has 3 rings (SSSR count). The topological polar surface area (TPSA) is 111 Å². The zero-order valence-corrected chi connectivity index (χ0v) is 16.3. The van der Waals surface area contributed by atoms with Crippen LogP contribution in [0.4, 0.5) is 0 Å². The molecule has 2 bridgehead atoms. The summed E-state index contributed by atoms with van der Waals surface area (Å²) in [6.45, 7) is 6.12. The molecule has 9 heteroatoms. The molecule has 0 aromatic carbocycles. The Balaban J connectivity index is 1.35. The Morgan fingerprint density at radius 3 is 2.65 bits per heavy atom. The van der Waals surface area contributed by atoms with E-state index < -0.39 is 15.5 Å². The molecule has 1 heterocycles. The lowest BCUT2D eigenvalue weighted by Gasteiger charge is -2.25. The van der Waals surface area contributed by atoms with Crippen molar-refractivity contribution in [1.82, 2.24) is 10.6 Å². The number of carbonyl (C=O) groups excluding carboxylic acids is 2. The van der Waals surface area contributed by atoms with Gasteiger partial charge in [-0.05, 0) is 25.2 Å². The molecular formula is C17H28N2O6S. The SMILES string of the molecule is CCC(C)(C)C(=O)NCC(=O)NCCOC1C2CC3C1OS(=O)(=O)C3C2. The molecule has 1 aliphatic heterocycles. The molecule has 0 aromatic rings. The van der Waals surface area contributed by atoms with Crippen LogP contribution in [0.15, 0.2) is 0 Å². The fourth-order valence-corrected chi connectivity index (χ4v) is 6.00. The Morgan fingerprint density at radius 2 is 1.96 bits per heavy atom. The van der Waals surface area contributed by atoms with Crippen LogP contribution in [0.2, 0.25) is 0 Å². The maximum absolute atomic E-state index is 11.9. The monoisotopic (exact) mass is 388 g/mol. The maximum Gasteiger partial charge on any atom is 0.270 e. The highest BCUT2D eigenvalue weighted by molar-refractivity contribution is 7.87. The van der Waals surface area contributed by atoms with Crippen LogP contribution in [0.5, 0.6) is 0 Å². The van der Waals surface area contributed by atoms with Crippen LogP contribution in [-0.2, 0) is 28.6 Å². The average Bonchev–Trinajstić information content (AvgIpc) is 3.19. The standard InChI is InChI=1S/C17H28N2O6S/c1-4-17(2,3)16(21)19-9-13(20)18-5-6-24-14-10-7-11-12(8-10)26(22,23)25-15(11)14/h10-12,14-15H,4-9H2,1-3H3,(H,18,20)(H,19,21). The summed E-state index contributed by atoms with van der Waals surface area (Å²) in [5, 5.41) is 4.97. The summed E-state index contributed by atoms with van der Waals surface area (Å²) in [4.78, 5) is 23.7. The summed E-state index contributed by atoms with van der Waals surface area (Å²) >= 11 is 0. The van der Waals surface area contributed by atoms with Gasteiger partial charge in [-0.3, -0.25) is 13.8 Å². The van der Waals surface area contributed by atoms with Crippen LogP contribution in [0.25, 0.3) is 0 Å². The van der Waals surface area contributed by atoms with Gasteiger partial charge in [0.1, 0.15) is 6.10 Å². The number of hydrogen-bond donors (Lipinski definition) is 2. The fraction of sp³-hybridized carbons (Fsp3) is 0.882. The summed E-state index contributed by atoms with van der Waals surface area (Å²) in [5.74, 6) is -0.149. The summed E-state index contributed by atoms with van der Waals surface area (Å²) in [6.07, 6.45) is 1.56. The maximum atomic E-state index is 11.9. The number of amides is 2. The Bertz CT molecular complexity index is 677. The second-order valence-electron chi connectivity index (χ2n) is 8.09. The second kappa shape index (κ2) is 7.09. The minimum Gasteiger partial charge on any atom is -0.373 e. The predicted octanol–water partition coefficient (Wildman–Crippen LogP) is 0.177. The van der Waals surface area contributed by atoms with Crippen LogP contribution in [0.3, 0.4) is 0 Å². The van der Waals surface area contributed by atoms with Gasteiger partial charge in [-0.1, -0.05) is 20.8 Å². The normalized spacial score (nSPS) is 34.0. The van der Waals surface area contributed by atoms with Gasteiger partial charge in [0.15, 0.2) is 0 Å². The van der Waals surface area contributed by atoms with E-state index in [-0.39, 0.29) is 47.7 Å². The van der Waals surface area contributed by atoms with E-state index >= 15 is 0 Å². The number of rotatable bonds is 8. The average molecular weight is 388 g/mol. The molecule has 2 saturated carbocycles. The van der Waals surface area contributed by atoms with E-state index in [0.717, 1.165) is 6.42 Å². The van der Waals surface area contributed by atoms with Crippen molar-refractivity contribution in [3.05, 3.63) is 0 Å². The van der Waals surface area contributed by atoms with E-state index in [2.05, 4.69) is 10.6 Å². The summed E-state index contributed by atoms with van der Waals surface area (Å²) in [7, 11) is -3.43. The minimum absolute atomic E-state index is 0.0572. The van der Waals surface area contributed by atoms with Crippen molar-refractivity contribution in [1.29, 1.82) is 0 Å². The highest BCUT2D eigenvalue weighted by atomic mass is 32.2. The van der Waals surface area contributed by atoms with Crippen molar-refractivity contribution in [2.75, 3.05) is 19.7 Å². The van der Waals surface area contributed by atoms with E-state index in [1.54, 1.807) is 0 Å². The highest BCUT2D eigenvalue weighted by Crippen LogP contribution is 2.55. The molecule has 0 spiro atoms. The van der Waals surface area contributed by atoms with Crippen LogP contribution in [0.1, 0.15) is 40.0 Å². The van der Waals surface area contributed by atoms with Gasteiger partial charge in [-0.15, -0.1) is 0 Å². The third-order valence-corrected chi connectivity index (χ3v) is 7.83. The molecule has 2 aliphatic carbocycles. The van der Waals surface area contributed by atoms with Crippen molar-refractivity contribution in [3.63, 3.8) is 0 Å². The quantitative estimate of drug-likeness (QED) is 0.453. The van der Waals surface area contributed by atoms with Crippen molar-refractivity contribution in [3.8, 4) is 0 Å². The third-order valence-electron chi connectivity index (χ3n) is 6.06. The van der Waals surface area contributed by atoms with E-state index in [9.17, 15) is 18.0 Å². The van der Waals surface area contributed by atoms with Gasteiger partial charge in [0.05, 0.1) is 24.5 Å². The largest absolute Gasteiger partial charge is 0.373 e. The summed E-state index contributed by atoms with van der Waals surface area (Å²) < 4.78 is 34.8. The first-order chi connectivity index (χ1) is 12.2. The first-order valence-corrected chi connectivity index (χ1v) is 10.7. The van der Waals surface area contributed by atoms with Crippen molar-refractivity contribution < 1.29 is 26.9 Å². The van der Waals surface area contributed by atoms with Crippen LogP contribution in [-0.4, -0.2) is 57.4 Å². The molecule has 5 unspecified atom stereocenters. The molecule has 0 radical (unpaired) electrons. The second-order valence-corrected chi connectivity index (χ2v) is 9.88. The number of nitrogens with one attached hydrogen (secondary N) is 2. The zero-order chi connectivity index (χ0) is 19.1. The lowest BCUT2D eigenvalue weighted by atomic mass is 9.89. The first-order valence-electron chi connectivity index (χ1n) is 9.24. The van der Waals surface area contributed by atoms with E-state index in [0.29, 0.717) is 26.0 Å². The Hall–Kier alpha value is -1.19. The van der Waals surface area contributed by atoms with Gasteiger partial charge < -0.3 is 15.4 Å². The molecular weight excluding hydrogens is 360 g/mol. The lowest BCUT2D eigenvalue weighted by Crippen LogP contribution is -2.43. The van der Waals surface area contributed by atoms with Gasteiger partial charge in [0.2, 0.25) is 11.8 Å². The molecule has 3 fully saturated rings. The number of carbonyl (C=O) groups is 2. The highest BCUT2D eigenvalue weighted by Gasteiger charge is 2.64. The predicted molar refractivity (Wildman–Crippen MR) is 93.6 cm³/mol. The molecule has 1 saturated heterocycles. The van der Waals surface area contributed by atoms with Crippen LogP contribution in [0, 0.1) is 17.3 Å². The number of fused-ring (bicyclic) bond motifs is 1. The molecule has 148 valence electrons. The van der Waals surface area contributed by atoms with E-state index in [1.807, 2.05) is 20.8 Å². The summed E-state index contributed by atoms with van der Waals surface area (Å²) in [5.41, 5.74) is -0.495. The van der Waals surface area contributed by atoms with Gasteiger partial charge in [-0.2, -0.15) is 8.42 Å². The fourth-order valence-electron chi connectivity index (χ4n) is 4.12. The van der Waals surface area contributed by atoms with Crippen LogP contribution >= 0.6 is 0 Å². The van der Waals surface area contributed by atoms with E-state index in [4.69, 9.17) is 8.92 Å². The Labute approximate surface area is 154 Å². The number of ether oxygens (including phenoxy) is 1. The molecule has 2 amide bonds. The third kappa shape index (κ3) is 3.61. The Kier molecular flexibility index (Phi) is 5.33. The lowest BCUT2D eigenvalue weighted by molar-refractivity contribution is -0.132. The molecule has 5 atom stereocenters. The van der Waals surface area contributed by atoms with Gasteiger partial charge in [0.25, 0.3) is 10.1 Å².